The Bertz CT molecular complexity index is 1310. The molecule has 1 heterocycles. The third-order valence-electron chi connectivity index (χ3n) is 3.70. The molecule has 13 heteroatoms. The number of carbonyl (C=O) groups excluding carboxylic acids is 1. The number of rotatable bonds is 5. The first-order chi connectivity index (χ1) is 14.8. The lowest BCUT2D eigenvalue weighted by Gasteiger charge is -2.12. The maximum absolute atomic E-state index is 11.9. The van der Waals surface area contributed by atoms with Crippen LogP contribution in [0.4, 0.5) is 10.5 Å². The van der Waals surface area contributed by atoms with Crippen molar-refractivity contribution in [3.8, 4) is 17.7 Å². The van der Waals surface area contributed by atoms with Crippen molar-refractivity contribution < 1.29 is 19.4 Å². The minimum atomic E-state index is -1.64. The molecular formula is C18H10Cl2N6O5. The van der Waals surface area contributed by atoms with E-state index in [2.05, 4.69) is 20.7 Å². The number of aromatic amines is 1. The smallest absolute Gasteiger partial charge is 0.411 e. The number of H-pyrrole nitrogens is 1. The fourth-order valence-corrected chi connectivity index (χ4v) is 2.95. The van der Waals surface area contributed by atoms with E-state index in [9.17, 15) is 14.4 Å². The predicted molar refractivity (Wildman–Crippen MR) is 112 cm³/mol. The van der Waals surface area contributed by atoms with Crippen molar-refractivity contribution in [3.63, 3.8) is 0 Å². The molecular weight excluding hydrogens is 451 g/mol. The molecule has 0 aliphatic heterocycles. The molecule has 0 saturated heterocycles. The first-order valence-electron chi connectivity index (χ1n) is 8.22. The minimum Gasteiger partial charge on any atom is -0.465 e. The highest BCUT2D eigenvalue weighted by molar-refractivity contribution is 6.46. The Hall–Kier alpha value is -4.14. The maximum Gasteiger partial charge on any atom is 0.411 e. The Morgan fingerprint density at radius 2 is 1.84 bits per heavy atom. The van der Waals surface area contributed by atoms with Gasteiger partial charge in [-0.3, -0.25) is 20.3 Å². The topological polar surface area (TPSA) is 170 Å². The van der Waals surface area contributed by atoms with Gasteiger partial charge in [0.25, 0.3) is 11.5 Å². The quantitative estimate of drug-likeness (QED) is 0.332. The van der Waals surface area contributed by atoms with Crippen molar-refractivity contribution in [1.82, 2.24) is 15.5 Å². The normalized spacial score (nSPS) is 10.9. The summed E-state index contributed by atoms with van der Waals surface area (Å²) >= 11 is 12.5. The number of carboxylic acid groups (broad SMARTS) is 1. The van der Waals surface area contributed by atoms with E-state index in [-0.39, 0.29) is 27.4 Å². The number of carbonyl (C=O) groups is 2. The molecule has 0 atom stereocenters. The summed E-state index contributed by atoms with van der Waals surface area (Å²) in [6.07, 6.45) is -1.64. The lowest BCUT2D eigenvalue weighted by molar-refractivity contribution is -0.114. The zero-order chi connectivity index (χ0) is 22.5. The summed E-state index contributed by atoms with van der Waals surface area (Å²) in [5, 5.41) is 29.5. The van der Waals surface area contributed by atoms with Crippen LogP contribution in [0.5, 0.6) is 11.6 Å². The molecule has 0 spiro atoms. The summed E-state index contributed by atoms with van der Waals surface area (Å²) in [6, 6.07) is 10.8. The van der Waals surface area contributed by atoms with E-state index >= 15 is 0 Å². The van der Waals surface area contributed by atoms with Gasteiger partial charge in [0.1, 0.15) is 6.07 Å². The number of hydrazone groups is 1. The summed E-state index contributed by atoms with van der Waals surface area (Å²) in [5.41, 5.74) is 1.43. The van der Waals surface area contributed by atoms with Crippen LogP contribution in [-0.4, -0.2) is 33.0 Å². The number of anilines is 1. The molecule has 2 aromatic carbocycles. The Kier molecular flexibility index (Phi) is 6.35. The second-order valence-corrected chi connectivity index (χ2v) is 6.53. The number of ether oxygens (including phenoxy) is 1. The van der Waals surface area contributed by atoms with Crippen molar-refractivity contribution in [2.75, 3.05) is 5.43 Å². The van der Waals surface area contributed by atoms with Gasteiger partial charge in [0.2, 0.25) is 11.6 Å². The molecule has 3 rings (SSSR count). The van der Waals surface area contributed by atoms with Gasteiger partial charge in [-0.05, 0) is 24.3 Å². The van der Waals surface area contributed by atoms with Crippen LogP contribution in [0.3, 0.4) is 0 Å². The van der Waals surface area contributed by atoms with Gasteiger partial charge in [0.05, 0.1) is 26.5 Å². The van der Waals surface area contributed by atoms with Crippen LogP contribution in [-0.2, 0) is 4.79 Å². The maximum atomic E-state index is 11.9. The molecule has 156 valence electrons. The molecule has 4 N–H and O–H groups in total. The van der Waals surface area contributed by atoms with E-state index in [0.717, 1.165) is 0 Å². The third-order valence-corrected chi connectivity index (χ3v) is 4.26. The van der Waals surface area contributed by atoms with Crippen LogP contribution in [0.2, 0.25) is 10.0 Å². The number of nitrogens with one attached hydrogen (secondary N) is 3. The van der Waals surface area contributed by atoms with Gasteiger partial charge in [0.15, 0.2) is 5.75 Å². The molecule has 31 heavy (non-hydrogen) atoms. The molecule has 0 fully saturated rings. The van der Waals surface area contributed by atoms with E-state index in [1.54, 1.807) is 24.3 Å². The number of fused-ring (bicyclic) bond motifs is 1. The van der Waals surface area contributed by atoms with E-state index in [4.69, 9.17) is 38.3 Å². The zero-order valence-electron chi connectivity index (χ0n) is 15.1. The lowest BCUT2D eigenvalue weighted by Crippen LogP contribution is -2.34. The van der Waals surface area contributed by atoms with Gasteiger partial charge in [-0.2, -0.15) is 10.4 Å². The Balaban J connectivity index is 1.88. The van der Waals surface area contributed by atoms with Gasteiger partial charge in [0, 0.05) is 0 Å². The van der Waals surface area contributed by atoms with E-state index in [1.165, 1.54) is 23.5 Å². The Morgan fingerprint density at radius 3 is 2.45 bits per heavy atom. The number of nitriles is 1. The SMILES string of the molecule is N#C/C(=N\Nc1cc(Cl)c(Oc2n[nH]c(=O)c3ccccc23)c(Cl)c1)C(=O)NC(=O)O. The van der Waals surface area contributed by atoms with E-state index in [0.29, 0.717) is 10.8 Å². The van der Waals surface area contributed by atoms with Crippen LogP contribution >= 0.6 is 23.2 Å². The highest BCUT2D eigenvalue weighted by Gasteiger charge is 2.16. The molecule has 0 bridgehead atoms. The molecule has 1 aromatic heterocycles. The highest BCUT2D eigenvalue weighted by atomic mass is 35.5. The van der Waals surface area contributed by atoms with Gasteiger partial charge in [-0.1, -0.05) is 35.3 Å². The molecule has 0 aliphatic carbocycles. The van der Waals surface area contributed by atoms with Crippen molar-refractivity contribution in [3.05, 3.63) is 56.8 Å². The largest absolute Gasteiger partial charge is 0.465 e. The standard InChI is InChI=1S/C18H10Cl2N6O5/c19-11-5-8(23-24-13(7-21)16(28)22-18(29)30)6-12(20)14(11)31-17-10-4-2-1-3-9(10)15(27)25-26-17/h1-6,23H,(H,22,28)(H,25,27)(H,29,30)/b24-13+. The minimum absolute atomic E-state index is 0.0239. The Labute approximate surface area is 182 Å². The number of halogens is 2. The first kappa shape index (κ1) is 21.6. The number of nitrogens with zero attached hydrogens (tertiary/aromatic N) is 3. The molecule has 0 aliphatic rings. The zero-order valence-corrected chi connectivity index (χ0v) is 16.7. The number of hydrogen-bond acceptors (Lipinski definition) is 8. The second-order valence-electron chi connectivity index (χ2n) is 5.72. The average molecular weight is 461 g/mol. The first-order valence-corrected chi connectivity index (χ1v) is 8.98. The molecule has 2 amide bonds. The van der Waals surface area contributed by atoms with Crippen LogP contribution in [0.15, 0.2) is 46.3 Å². The Morgan fingerprint density at radius 1 is 1.19 bits per heavy atom. The average Bonchev–Trinajstić information content (AvgIpc) is 2.72. The van der Waals surface area contributed by atoms with Crippen LogP contribution in [0, 0.1) is 11.3 Å². The number of aromatic nitrogens is 2. The van der Waals surface area contributed by atoms with Crippen molar-refractivity contribution >= 4 is 57.4 Å². The predicted octanol–water partition coefficient (Wildman–Crippen LogP) is 3.11. The summed E-state index contributed by atoms with van der Waals surface area (Å²) in [6.45, 7) is 0. The number of amides is 2. The van der Waals surface area contributed by atoms with Crippen LogP contribution in [0.1, 0.15) is 0 Å². The molecule has 0 radical (unpaired) electrons. The fourth-order valence-electron chi connectivity index (χ4n) is 2.39. The third kappa shape index (κ3) is 4.89. The highest BCUT2D eigenvalue weighted by Crippen LogP contribution is 2.39. The van der Waals surface area contributed by atoms with Crippen LogP contribution < -0.4 is 21.0 Å². The second kappa shape index (κ2) is 9.12. The van der Waals surface area contributed by atoms with Gasteiger partial charge in [-0.15, -0.1) is 5.10 Å². The lowest BCUT2D eigenvalue weighted by atomic mass is 10.2. The molecule has 3 aromatic rings. The van der Waals surface area contributed by atoms with Gasteiger partial charge >= 0.3 is 6.09 Å². The van der Waals surface area contributed by atoms with E-state index in [1.807, 2.05) is 0 Å². The van der Waals surface area contributed by atoms with Gasteiger partial charge in [-0.25, -0.2) is 9.89 Å². The summed E-state index contributed by atoms with van der Waals surface area (Å²) < 4.78 is 5.70. The van der Waals surface area contributed by atoms with E-state index < -0.39 is 23.3 Å². The summed E-state index contributed by atoms with van der Waals surface area (Å²) in [7, 11) is 0. The summed E-state index contributed by atoms with van der Waals surface area (Å²) in [4.78, 5) is 33.9. The fraction of sp³-hybridized carbons (Fsp3) is 0. The number of benzene rings is 2. The van der Waals surface area contributed by atoms with Crippen molar-refractivity contribution in [2.24, 2.45) is 5.10 Å². The molecule has 0 unspecified atom stereocenters. The number of imide groups is 1. The van der Waals surface area contributed by atoms with Gasteiger partial charge < -0.3 is 9.84 Å². The molecule has 11 nitrogen and oxygen atoms in total. The monoisotopic (exact) mass is 460 g/mol. The molecule has 0 saturated carbocycles. The number of hydrogen-bond donors (Lipinski definition) is 4. The van der Waals surface area contributed by atoms with Crippen molar-refractivity contribution in [2.45, 2.75) is 0 Å². The summed E-state index contributed by atoms with van der Waals surface area (Å²) in [5.74, 6) is -1.11. The van der Waals surface area contributed by atoms with Crippen molar-refractivity contribution in [1.29, 1.82) is 5.26 Å². The van der Waals surface area contributed by atoms with Crippen LogP contribution in [0.25, 0.3) is 10.8 Å².